The van der Waals surface area contributed by atoms with Crippen molar-refractivity contribution in [3.8, 4) is 0 Å². The van der Waals surface area contributed by atoms with Crippen LogP contribution in [0.2, 0.25) is 0 Å². The molecule has 176 valence electrons. The average molecular weight is 573 g/mol. The first kappa shape index (κ1) is 26.6. The fourth-order valence-corrected chi connectivity index (χ4v) is 5.04. The summed E-state index contributed by atoms with van der Waals surface area (Å²) in [6.07, 6.45) is 0. The molecule has 1 aliphatic heterocycles. The minimum Gasteiger partial charge on any atom is -0.379 e. The van der Waals surface area contributed by atoms with E-state index in [9.17, 15) is 8.42 Å². The topological polar surface area (TPSA) is 83.0 Å². The van der Waals surface area contributed by atoms with Gasteiger partial charge in [-0.25, -0.2) is 13.4 Å². The van der Waals surface area contributed by atoms with Crippen LogP contribution in [0.5, 0.6) is 0 Å². The standard InChI is InChI=1S/C23H32N4O3S.HI/c1-3-24-23(26-19(2)20-9-5-4-6-10-20)25-17-21-11-7-8-12-22(21)18-31(28,29)27-13-15-30-16-14-27;/h4-12,19H,3,13-18H2,1-2H3,(H2,24,25,26);1H. The Morgan fingerprint density at radius 1 is 1.06 bits per heavy atom. The molecular weight excluding hydrogens is 539 g/mol. The van der Waals surface area contributed by atoms with Crippen LogP contribution in [0.4, 0.5) is 0 Å². The van der Waals surface area contributed by atoms with Crippen LogP contribution in [0.15, 0.2) is 59.6 Å². The van der Waals surface area contributed by atoms with E-state index in [2.05, 4.69) is 29.7 Å². The Kier molecular flexibility index (Phi) is 10.9. The molecule has 32 heavy (non-hydrogen) atoms. The summed E-state index contributed by atoms with van der Waals surface area (Å²) in [6.45, 7) is 6.96. The zero-order valence-corrected chi connectivity index (χ0v) is 21.8. The summed E-state index contributed by atoms with van der Waals surface area (Å²) in [5.74, 6) is 0.674. The Labute approximate surface area is 208 Å². The fraction of sp³-hybridized carbons (Fsp3) is 0.435. The van der Waals surface area contributed by atoms with E-state index < -0.39 is 10.0 Å². The number of guanidine groups is 1. The Morgan fingerprint density at radius 2 is 1.69 bits per heavy atom. The van der Waals surface area contributed by atoms with Gasteiger partial charge in [-0.05, 0) is 30.5 Å². The van der Waals surface area contributed by atoms with Crippen molar-refractivity contribution >= 4 is 40.0 Å². The number of morpholine rings is 1. The largest absolute Gasteiger partial charge is 0.379 e. The molecular formula is C23H33IN4O3S. The van der Waals surface area contributed by atoms with Crippen molar-refractivity contribution in [2.24, 2.45) is 4.99 Å². The van der Waals surface area contributed by atoms with Crippen molar-refractivity contribution in [1.82, 2.24) is 14.9 Å². The third-order valence-electron chi connectivity index (χ3n) is 5.22. The molecule has 0 amide bonds. The Balaban J connectivity index is 0.00000363. The van der Waals surface area contributed by atoms with E-state index in [-0.39, 0.29) is 35.8 Å². The number of rotatable bonds is 8. The molecule has 0 bridgehead atoms. The maximum atomic E-state index is 12.9. The third-order valence-corrected chi connectivity index (χ3v) is 7.05. The van der Waals surface area contributed by atoms with Crippen LogP contribution in [0.1, 0.15) is 36.6 Å². The van der Waals surface area contributed by atoms with Gasteiger partial charge in [0.2, 0.25) is 10.0 Å². The van der Waals surface area contributed by atoms with Crippen LogP contribution in [-0.2, 0) is 27.1 Å². The maximum absolute atomic E-state index is 12.9. The van der Waals surface area contributed by atoms with Gasteiger partial charge in [0, 0.05) is 19.6 Å². The molecule has 2 aromatic rings. The first-order valence-electron chi connectivity index (χ1n) is 10.7. The second kappa shape index (κ2) is 13.1. The predicted octanol–water partition coefficient (Wildman–Crippen LogP) is 3.28. The number of halogens is 1. The highest BCUT2D eigenvalue weighted by molar-refractivity contribution is 14.0. The van der Waals surface area contributed by atoms with Crippen LogP contribution >= 0.6 is 24.0 Å². The van der Waals surface area contributed by atoms with Crippen molar-refractivity contribution in [2.75, 3.05) is 32.8 Å². The van der Waals surface area contributed by atoms with Crippen LogP contribution in [0.25, 0.3) is 0 Å². The van der Waals surface area contributed by atoms with E-state index in [0.717, 1.165) is 17.7 Å². The van der Waals surface area contributed by atoms with E-state index >= 15 is 0 Å². The van der Waals surface area contributed by atoms with Gasteiger partial charge in [0.05, 0.1) is 31.6 Å². The second-order valence-corrected chi connectivity index (χ2v) is 9.48. The number of benzene rings is 2. The van der Waals surface area contributed by atoms with Gasteiger partial charge in [-0.15, -0.1) is 24.0 Å². The minimum atomic E-state index is -3.39. The first-order valence-corrected chi connectivity index (χ1v) is 12.3. The number of nitrogens with zero attached hydrogens (tertiary/aromatic N) is 2. The normalized spacial score (nSPS) is 16.1. The molecule has 1 atom stereocenters. The molecule has 0 saturated carbocycles. The first-order chi connectivity index (χ1) is 15.0. The maximum Gasteiger partial charge on any atom is 0.218 e. The van der Waals surface area contributed by atoms with Gasteiger partial charge in [0.25, 0.3) is 0 Å². The number of ether oxygens (including phenoxy) is 1. The van der Waals surface area contributed by atoms with E-state index in [1.54, 1.807) is 0 Å². The molecule has 3 rings (SSSR count). The van der Waals surface area contributed by atoms with Crippen molar-refractivity contribution in [2.45, 2.75) is 32.2 Å². The summed E-state index contributed by atoms with van der Waals surface area (Å²) in [7, 11) is -3.39. The lowest BCUT2D eigenvalue weighted by molar-refractivity contribution is 0.0729. The molecule has 1 aliphatic rings. The average Bonchev–Trinajstić information content (AvgIpc) is 2.79. The van der Waals surface area contributed by atoms with Gasteiger partial charge in [-0.3, -0.25) is 0 Å². The molecule has 2 N–H and O–H groups in total. The Hall–Kier alpha value is -1.69. The van der Waals surface area contributed by atoms with Crippen molar-refractivity contribution in [1.29, 1.82) is 0 Å². The van der Waals surface area contributed by atoms with Crippen LogP contribution in [0, 0.1) is 0 Å². The summed E-state index contributed by atoms with van der Waals surface area (Å²) in [6, 6.07) is 17.9. The van der Waals surface area contributed by atoms with Crippen LogP contribution in [-0.4, -0.2) is 51.5 Å². The highest BCUT2D eigenvalue weighted by atomic mass is 127. The van der Waals surface area contributed by atoms with E-state index in [1.165, 1.54) is 9.87 Å². The lowest BCUT2D eigenvalue weighted by Crippen LogP contribution is -2.41. The quantitative estimate of drug-likeness (QED) is 0.288. The monoisotopic (exact) mass is 572 g/mol. The van der Waals surface area contributed by atoms with E-state index in [0.29, 0.717) is 38.8 Å². The highest BCUT2D eigenvalue weighted by Crippen LogP contribution is 2.18. The number of aliphatic imine (C=N–C) groups is 1. The number of nitrogens with one attached hydrogen (secondary N) is 2. The lowest BCUT2D eigenvalue weighted by atomic mass is 10.1. The van der Waals surface area contributed by atoms with Crippen LogP contribution < -0.4 is 10.6 Å². The molecule has 1 saturated heterocycles. The SMILES string of the molecule is CCNC(=NCc1ccccc1CS(=O)(=O)N1CCOCC1)NC(C)c1ccccc1.I. The third kappa shape index (κ3) is 7.72. The van der Waals surface area contributed by atoms with Gasteiger partial charge in [-0.2, -0.15) is 4.31 Å². The van der Waals surface area contributed by atoms with Crippen LogP contribution in [0.3, 0.4) is 0 Å². The highest BCUT2D eigenvalue weighted by Gasteiger charge is 2.25. The number of sulfonamides is 1. The molecule has 1 fully saturated rings. The van der Waals surface area contributed by atoms with E-state index in [4.69, 9.17) is 9.73 Å². The fourth-order valence-electron chi connectivity index (χ4n) is 3.48. The molecule has 9 heteroatoms. The van der Waals surface area contributed by atoms with Crippen molar-refractivity contribution in [3.63, 3.8) is 0 Å². The lowest BCUT2D eigenvalue weighted by Gasteiger charge is -2.26. The van der Waals surface area contributed by atoms with Gasteiger partial charge in [-0.1, -0.05) is 54.6 Å². The number of hydrogen-bond donors (Lipinski definition) is 2. The van der Waals surface area contributed by atoms with Gasteiger partial charge >= 0.3 is 0 Å². The molecule has 1 heterocycles. The molecule has 0 spiro atoms. The molecule has 1 unspecified atom stereocenters. The molecule has 0 radical (unpaired) electrons. The van der Waals surface area contributed by atoms with Gasteiger partial charge in [0.15, 0.2) is 5.96 Å². The molecule has 2 aromatic carbocycles. The van der Waals surface area contributed by atoms with E-state index in [1.807, 2.05) is 49.4 Å². The molecule has 0 aromatic heterocycles. The molecule has 0 aliphatic carbocycles. The summed E-state index contributed by atoms with van der Waals surface area (Å²) in [5, 5.41) is 6.69. The van der Waals surface area contributed by atoms with Gasteiger partial charge in [0.1, 0.15) is 0 Å². The zero-order chi connectivity index (χ0) is 22.1. The number of hydrogen-bond acceptors (Lipinski definition) is 4. The van der Waals surface area contributed by atoms with Gasteiger partial charge < -0.3 is 15.4 Å². The van der Waals surface area contributed by atoms with Crippen molar-refractivity contribution in [3.05, 3.63) is 71.3 Å². The Morgan fingerprint density at radius 3 is 2.34 bits per heavy atom. The predicted molar refractivity (Wildman–Crippen MR) is 140 cm³/mol. The van der Waals surface area contributed by atoms with Crippen molar-refractivity contribution < 1.29 is 13.2 Å². The summed E-state index contributed by atoms with van der Waals surface area (Å²) < 4.78 is 32.5. The Bertz CT molecular complexity index is 964. The zero-order valence-electron chi connectivity index (χ0n) is 18.7. The summed E-state index contributed by atoms with van der Waals surface area (Å²) >= 11 is 0. The smallest absolute Gasteiger partial charge is 0.218 e. The summed E-state index contributed by atoms with van der Waals surface area (Å²) in [4.78, 5) is 4.72. The second-order valence-electron chi connectivity index (χ2n) is 7.51. The minimum absolute atomic E-state index is 0. The summed E-state index contributed by atoms with van der Waals surface area (Å²) in [5.41, 5.74) is 2.86. The molecule has 7 nitrogen and oxygen atoms in total.